The van der Waals surface area contributed by atoms with E-state index in [1.807, 2.05) is 13.8 Å². The van der Waals surface area contributed by atoms with Crippen LogP contribution in [0.5, 0.6) is 0 Å². The first kappa shape index (κ1) is 16.2. The lowest BCUT2D eigenvalue weighted by molar-refractivity contribution is 0.0730. The van der Waals surface area contributed by atoms with E-state index in [1.54, 1.807) is 28.6 Å². The lowest BCUT2D eigenvalue weighted by Crippen LogP contribution is -2.34. The average Bonchev–Trinajstić information content (AvgIpc) is 2.80. The van der Waals surface area contributed by atoms with E-state index in [4.69, 9.17) is 5.11 Å². The van der Waals surface area contributed by atoms with Gasteiger partial charge in [0.1, 0.15) is 5.82 Å². The average molecular weight is 305 g/mol. The van der Waals surface area contributed by atoms with Gasteiger partial charge in [0.25, 0.3) is 5.91 Å². The highest BCUT2D eigenvalue weighted by Gasteiger charge is 2.23. The van der Waals surface area contributed by atoms with Crippen molar-refractivity contribution >= 4 is 5.91 Å². The maximum atomic E-state index is 13.0. The van der Waals surface area contributed by atoms with Gasteiger partial charge in [-0.05, 0) is 45.0 Å². The Hall–Kier alpha value is -2.21. The van der Waals surface area contributed by atoms with Crippen molar-refractivity contribution in [2.75, 3.05) is 19.7 Å². The van der Waals surface area contributed by atoms with Crippen molar-refractivity contribution < 1.29 is 14.3 Å². The van der Waals surface area contributed by atoms with Gasteiger partial charge in [0.2, 0.25) is 0 Å². The van der Waals surface area contributed by atoms with E-state index >= 15 is 0 Å². The smallest absolute Gasteiger partial charge is 0.257 e. The SMILES string of the molecule is CCN(CCO)C(=O)c1c(C)nn(-c2ccc(F)cc2)c1C. The molecule has 0 radical (unpaired) electrons. The van der Waals surface area contributed by atoms with Crippen LogP contribution >= 0.6 is 0 Å². The summed E-state index contributed by atoms with van der Waals surface area (Å²) in [6, 6.07) is 5.96. The molecule has 22 heavy (non-hydrogen) atoms. The van der Waals surface area contributed by atoms with E-state index in [0.29, 0.717) is 29.2 Å². The molecule has 1 aromatic carbocycles. The third kappa shape index (κ3) is 3.01. The first-order valence-electron chi connectivity index (χ1n) is 7.21. The molecule has 6 heteroatoms. The van der Waals surface area contributed by atoms with Crippen LogP contribution in [0.2, 0.25) is 0 Å². The molecule has 5 nitrogen and oxygen atoms in total. The molecular weight excluding hydrogens is 285 g/mol. The van der Waals surface area contributed by atoms with E-state index < -0.39 is 0 Å². The molecule has 2 rings (SSSR count). The summed E-state index contributed by atoms with van der Waals surface area (Å²) in [5.74, 6) is -0.471. The molecule has 0 aliphatic heterocycles. The van der Waals surface area contributed by atoms with Crippen molar-refractivity contribution in [3.05, 3.63) is 47.0 Å². The summed E-state index contributed by atoms with van der Waals surface area (Å²) < 4.78 is 14.7. The molecule has 0 atom stereocenters. The molecule has 0 unspecified atom stereocenters. The van der Waals surface area contributed by atoms with Gasteiger partial charge < -0.3 is 10.0 Å². The summed E-state index contributed by atoms with van der Waals surface area (Å²) in [4.78, 5) is 14.2. The Kier molecular flexibility index (Phi) is 4.92. The molecule has 0 spiro atoms. The second kappa shape index (κ2) is 6.70. The lowest BCUT2D eigenvalue weighted by atomic mass is 10.1. The quantitative estimate of drug-likeness (QED) is 0.920. The number of benzene rings is 1. The number of aryl methyl sites for hydroxylation is 1. The van der Waals surface area contributed by atoms with Crippen LogP contribution in [0.3, 0.4) is 0 Å². The zero-order valence-electron chi connectivity index (χ0n) is 13.0. The second-order valence-electron chi connectivity index (χ2n) is 5.04. The maximum absolute atomic E-state index is 13.0. The molecule has 2 aromatic rings. The number of hydrogen-bond acceptors (Lipinski definition) is 3. The van der Waals surface area contributed by atoms with Crippen LogP contribution in [0, 0.1) is 19.7 Å². The molecule has 0 saturated carbocycles. The number of halogens is 1. The highest BCUT2D eigenvalue weighted by Crippen LogP contribution is 2.20. The molecule has 0 aliphatic rings. The summed E-state index contributed by atoms with van der Waals surface area (Å²) in [6.07, 6.45) is 0. The molecule has 0 aliphatic carbocycles. The fourth-order valence-electron chi connectivity index (χ4n) is 2.47. The third-order valence-electron chi connectivity index (χ3n) is 3.62. The van der Waals surface area contributed by atoms with Crippen LogP contribution in [0.15, 0.2) is 24.3 Å². The lowest BCUT2D eigenvalue weighted by Gasteiger charge is -2.19. The van der Waals surface area contributed by atoms with Gasteiger partial charge >= 0.3 is 0 Å². The zero-order chi connectivity index (χ0) is 16.3. The Bertz CT molecular complexity index is 665. The van der Waals surface area contributed by atoms with Crippen LogP contribution in [0.1, 0.15) is 28.7 Å². The molecule has 0 bridgehead atoms. The zero-order valence-corrected chi connectivity index (χ0v) is 13.0. The van der Waals surface area contributed by atoms with Crippen molar-refractivity contribution in [3.63, 3.8) is 0 Å². The normalized spacial score (nSPS) is 10.8. The monoisotopic (exact) mass is 305 g/mol. The minimum absolute atomic E-state index is 0.0796. The number of aromatic nitrogens is 2. The fraction of sp³-hybridized carbons (Fsp3) is 0.375. The Morgan fingerprint density at radius 2 is 1.95 bits per heavy atom. The predicted octanol–water partition coefficient (Wildman–Crippen LogP) is 2.08. The van der Waals surface area contributed by atoms with Gasteiger partial charge in [-0.25, -0.2) is 9.07 Å². The topological polar surface area (TPSA) is 58.4 Å². The molecule has 1 heterocycles. The van der Waals surface area contributed by atoms with Gasteiger partial charge in [0, 0.05) is 13.1 Å². The summed E-state index contributed by atoms with van der Waals surface area (Å²) in [5, 5.41) is 13.5. The molecule has 1 amide bonds. The van der Waals surface area contributed by atoms with Gasteiger partial charge in [-0.15, -0.1) is 0 Å². The molecule has 0 saturated heterocycles. The second-order valence-corrected chi connectivity index (χ2v) is 5.04. The van der Waals surface area contributed by atoms with Gasteiger partial charge in [-0.3, -0.25) is 4.79 Å². The third-order valence-corrected chi connectivity index (χ3v) is 3.62. The Morgan fingerprint density at radius 1 is 1.32 bits per heavy atom. The van der Waals surface area contributed by atoms with Crippen molar-refractivity contribution in [1.82, 2.24) is 14.7 Å². The van der Waals surface area contributed by atoms with Gasteiger partial charge in [0.05, 0.1) is 29.2 Å². The molecular formula is C16H20FN3O2. The van der Waals surface area contributed by atoms with Gasteiger partial charge in [-0.1, -0.05) is 0 Å². The summed E-state index contributed by atoms with van der Waals surface area (Å²) in [7, 11) is 0. The minimum atomic E-state index is -0.318. The minimum Gasteiger partial charge on any atom is -0.395 e. The van der Waals surface area contributed by atoms with Crippen LogP contribution in [0.25, 0.3) is 5.69 Å². The summed E-state index contributed by atoms with van der Waals surface area (Å²) in [5.41, 5.74) is 2.54. The van der Waals surface area contributed by atoms with Crippen molar-refractivity contribution in [2.24, 2.45) is 0 Å². The standard InChI is InChI=1S/C16H20FN3O2/c1-4-19(9-10-21)16(22)15-11(2)18-20(12(15)3)14-7-5-13(17)6-8-14/h5-8,21H,4,9-10H2,1-3H3. The van der Waals surface area contributed by atoms with Crippen molar-refractivity contribution in [1.29, 1.82) is 0 Å². The largest absolute Gasteiger partial charge is 0.395 e. The summed E-state index contributed by atoms with van der Waals surface area (Å²) in [6.45, 7) is 6.17. The van der Waals surface area contributed by atoms with Crippen molar-refractivity contribution in [3.8, 4) is 5.69 Å². The highest BCUT2D eigenvalue weighted by molar-refractivity contribution is 5.96. The number of aliphatic hydroxyl groups is 1. The highest BCUT2D eigenvalue weighted by atomic mass is 19.1. The van der Waals surface area contributed by atoms with Crippen LogP contribution in [-0.2, 0) is 0 Å². The van der Waals surface area contributed by atoms with Crippen LogP contribution < -0.4 is 0 Å². The van der Waals surface area contributed by atoms with E-state index in [0.717, 1.165) is 0 Å². The number of rotatable bonds is 5. The van der Waals surface area contributed by atoms with E-state index in [9.17, 15) is 9.18 Å². The van der Waals surface area contributed by atoms with E-state index in [-0.39, 0.29) is 24.9 Å². The summed E-state index contributed by atoms with van der Waals surface area (Å²) >= 11 is 0. The maximum Gasteiger partial charge on any atom is 0.257 e. The van der Waals surface area contributed by atoms with Crippen LogP contribution in [-0.4, -0.2) is 45.4 Å². The fourth-order valence-corrected chi connectivity index (χ4v) is 2.47. The van der Waals surface area contributed by atoms with Gasteiger partial charge in [-0.2, -0.15) is 5.10 Å². The van der Waals surface area contributed by atoms with Crippen molar-refractivity contribution in [2.45, 2.75) is 20.8 Å². The first-order valence-corrected chi connectivity index (χ1v) is 7.21. The van der Waals surface area contributed by atoms with Gasteiger partial charge in [0.15, 0.2) is 0 Å². The number of carbonyl (C=O) groups excluding carboxylic acids is 1. The number of likely N-dealkylation sites (N-methyl/N-ethyl adjacent to an activating group) is 1. The number of nitrogens with zero attached hydrogens (tertiary/aromatic N) is 3. The molecule has 0 fully saturated rings. The Balaban J connectivity index is 2.42. The van der Waals surface area contributed by atoms with Crippen LogP contribution in [0.4, 0.5) is 4.39 Å². The number of carbonyl (C=O) groups is 1. The van der Waals surface area contributed by atoms with E-state index in [2.05, 4.69) is 5.10 Å². The Labute approximate surface area is 129 Å². The number of amides is 1. The number of hydrogen-bond donors (Lipinski definition) is 1. The predicted molar refractivity (Wildman–Crippen MR) is 81.7 cm³/mol. The molecule has 1 N–H and O–H groups in total. The molecule has 118 valence electrons. The molecule has 1 aromatic heterocycles. The van der Waals surface area contributed by atoms with E-state index in [1.165, 1.54) is 12.1 Å². The Morgan fingerprint density at radius 3 is 2.50 bits per heavy atom. The number of aliphatic hydroxyl groups excluding tert-OH is 1. The first-order chi connectivity index (χ1) is 10.5.